The van der Waals surface area contributed by atoms with Crippen molar-refractivity contribution in [2.45, 2.75) is 96.1 Å². The predicted molar refractivity (Wildman–Crippen MR) is 86.5 cm³/mol. The molecule has 0 amide bonds. The fraction of sp³-hybridized carbons (Fsp3) is 1.00. The minimum atomic E-state index is -3.41. The summed E-state index contributed by atoms with van der Waals surface area (Å²) in [4.78, 5) is 0. The molecule has 0 aromatic rings. The molecule has 3 nitrogen and oxygen atoms in total. The van der Waals surface area contributed by atoms with Crippen molar-refractivity contribution >= 4 is 10.1 Å². The van der Waals surface area contributed by atoms with Crippen molar-refractivity contribution in [3.63, 3.8) is 0 Å². The summed E-state index contributed by atoms with van der Waals surface area (Å²) < 4.78 is 27.2. The molecule has 0 saturated carbocycles. The Morgan fingerprint density at radius 2 is 1.20 bits per heavy atom. The molecule has 0 radical (unpaired) electrons. The van der Waals surface area contributed by atoms with E-state index in [9.17, 15) is 8.42 Å². The van der Waals surface area contributed by atoms with Crippen LogP contribution in [0.25, 0.3) is 0 Å². The second-order valence-corrected chi connectivity index (χ2v) is 8.66. The molecule has 0 aliphatic carbocycles. The van der Waals surface area contributed by atoms with E-state index in [1.807, 2.05) is 0 Å². The topological polar surface area (TPSA) is 43.4 Å². The summed E-state index contributed by atoms with van der Waals surface area (Å²) in [6, 6.07) is 0. The highest BCUT2D eigenvalue weighted by molar-refractivity contribution is 7.88. The zero-order chi connectivity index (χ0) is 15.5. The van der Waals surface area contributed by atoms with Crippen LogP contribution in [0.3, 0.4) is 0 Å². The van der Waals surface area contributed by atoms with E-state index in [0.29, 0.717) is 6.42 Å². The third kappa shape index (κ3) is 8.25. The summed E-state index contributed by atoms with van der Waals surface area (Å²) in [5.74, 6) is 0. The Hall–Kier alpha value is -0.0900. The van der Waals surface area contributed by atoms with Gasteiger partial charge < -0.3 is 0 Å². The molecule has 0 aliphatic rings. The molecule has 20 heavy (non-hydrogen) atoms. The quantitative estimate of drug-likeness (QED) is 0.353. The van der Waals surface area contributed by atoms with Crippen LogP contribution in [-0.4, -0.2) is 20.3 Å². The van der Waals surface area contributed by atoms with Crippen molar-refractivity contribution in [2.24, 2.45) is 0 Å². The number of rotatable bonds is 13. The van der Waals surface area contributed by atoms with E-state index in [0.717, 1.165) is 12.8 Å². The van der Waals surface area contributed by atoms with Crippen molar-refractivity contribution in [1.82, 2.24) is 0 Å². The minimum absolute atomic E-state index is 0.680. The lowest BCUT2D eigenvalue weighted by atomic mass is 10.0. The molecule has 0 aromatic heterocycles. The SMILES string of the molecule is CCCCCCCCCCCCC(C)(C)S(=O)(=O)OC. The van der Waals surface area contributed by atoms with Gasteiger partial charge in [-0.2, -0.15) is 8.42 Å². The van der Waals surface area contributed by atoms with Gasteiger partial charge in [-0.3, -0.25) is 4.18 Å². The summed E-state index contributed by atoms with van der Waals surface area (Å²) in [7, 11) is -2.16. The maximum absolute atomic E-state index is 11.7. The van der Waals surface area contributed by atoms with E-state index in [2.05, 4.69) is 11.1 Å². The highest BCUT2D eigenvalue weighted by Gasteiger charge is 2.33. The molecule has 4 heteroatoms. The summed E-state index contributed by atoms with van der Waals surface area (Å²) in [5, 5.41) is 0. The molecule has 0 bridgehead atoms. The molecular weight excluding hydrogens is 272 g/mol. The highest BCUT2D eigenvalue weighted by Crippen LogP contribution is 2.25. The van der Waals surface area contributed by atoms with Gasteiger partial charge in [-0.25, -0.2) is 0 Å². The van der Waals surface area contributed by atoms with E-state index in [-0.39, 0.29) is 0 Å². The summed E-state index contributed by atoms with van der Waals surface area (Å²) >= 11 is 0. The number of hydrogen-bond acceptors (Lipinski definition) is 3. The zero-order valence-electron chi connectivity index (χ0n) is 13.9. The fourth-order valence-electron chi connectivity index (χ4n) is 2.39. The van der Waals surface area contributed by atoms with Crippen LogP contribution in [0.15, 0.2) is 0 Å². The van der Waals surface area contributed by atoms with Crippen molar-refractivity contribution < 1.29 is 12.6 Å². The van der Waals surface area contributed by atoms with Crippen LogP contribution in [0.4, 0.5) is 0 Å². The van der Waals surface area contributed by atoms with Crippen molar-refractivity contribution in [3.05, 3.63) is 0 Å². The predicted octanol–water partition coefficient (Wildman–Crippen LogP) is 5.05. The number of hydrogen-bond donors (Lipinski definition) is 0. The van der Waals surface area contributed by atoms with Gasteiger partial charge in [-0.1, -0.05) is 71.1 Å². The fourth-order valence-corrected chi connectivity index (χ4v) is 3.23. The Balaban J connectivity index is 3.53. The molecule has 0 unspecified atom stereocenters. The first-order valence-electron chi connectivity index (χ1n) is 8.17. The third-order valence-corrected chi connectivity index (χ3v) is 6.03. The first-order chi connectivity index (χ1) is 9.37. The lowest BCUT2D eigenvalue weighted by Gasteiger charge is -2.22. The summed E-state index contributed by atoms with van der Waals surface area (Å²) in [6.45, 7) is 5.74. The van der Waals surface area contributed by atoms with E-state index >= 15 is 0 Å². The van der Waals surface area contributed by atoms with Gasteiger partial charge in [-0.05, 0) is 20.3 Å². The van der Waals surface area contributed by atoms with Crippen molar-refractivity contribution in [1.29, 1.82) is 0 Å². The first-order valence-corrected chi connectivity index (χ1v) is 9.58. The average Bonchev–Trinajstić information content (AvgIpc) is 2.40. The molecule has 0 N–H and O–H groups in total. The van der Waals surface area contributed by atoms with Crippen LogP contribution in [-0.2, 0) is 14.3 Å². The van der Waals surface area contributed by atoms with Gasteiger partial charge in [0.1, 0.15) is 0 Å². The second kappa shape index (κ2) is 10.6. The van der Waals surface area contributed by atoms with Crippen LogP contribution >= 0.6 is 0 Å². The minimum Gasteiger partial charge on any atom is -0.273 e. The molecular formula is C16H34O3S. The van der Waals surface area contributed by atoms with Crippen molar-refractivity contribution in [2.75, 3.05) is 7.11 Å². The Bertz CT molecular complexity index is 321. The molecule has 0 spiro atoms. The van der Waals surface area contributed by atoms with Gasteiger partial charge in [0.15, 0.2) is 0 Å². The average molecular weight is 307 g/mol. The molecule has 0 fully saturated rings. The van der Waals surface area contributed by atoms with E-state index in [1.165, 1.54) is 58.5 Å². The third-order valence-electron chi connectivity index (χ3n) is 4.03. The normalized spacial score (nSPS) is 12.8. The van der Waals surface area contributed by atoms with Crippen LogP contribution in [0.1, 0.15) is 91.4 Å². The van der Waals surface area contributed by atoms with E-state index in [1.54, 1.807) is 13.8 Å². The molecule has 0 aliphatic heterocycles. The molecule has 0 atom stereocenters. The lowest BCUT2D eigenvalue weighted by Crippen LogP contribution is -2.32. The Kier molecular flexibility index (Phi) is 10.6. The molecule has 0 aromatic carbocycles. The largest absolute Gasteiger partial charge is 0.273 e. The van der Waals surface area contributed by atoms with Gasteiger partial charge in [0.25, 0.3) is 10.1 Å². The molecule has 0 saturated heterocycles. The monoisotopic (exact) mass is 306 g/mol. The second-order valence-electron chi connectivity index (χ2n) is 6.31. The Labute approximate surface area is 126 Å². The van der Waals surface area contributed by atoms with Crippen LogP contribution in [0.5, 0.6) is 0 Å². The van der Waals surface area contributed by atoms with Crippen LogP contribution < -0.4 is 0 Å². The standard InChI is InChI=1S/C16H34O3S/c1-5-6-7-8-9-10-11-12-13-14-15-16(2,3)20(17,18)19-4/h5-15H2,1-4H3. The van der Waals surface area contributed by atoms with Crippen LogP contribution in [0.2, 0.25) is 0 Å². The Morgan fingerprint density at radius 1 is 0.800 bits per heavy atom. The van der Waals surface area contributed by atoms with Gasteiger partial charge >= 0.3 is 0 Å². The highest BCUT2D eigenvalue weighted by atomic mass is 32.2. The summed E-state index contributed by atoms with van der Waals surface area (Å²) in [6.07, 6.45) is 13.4. The van der Waals surface area contributed by atoms with Crippen molar-refractivity contribution in [3.8, 4) is 0 Å². The smallest absolute Gasteiger partial charge is 0.272 e. The Morgan fingerprint density at radius 3 is 1.60 bits per heavy atom. The molecule has 0 rings (SSSR count). The van der Waals surface area contributed by atoms with Gasteiger partial charge in [0, 0.05) is 0 Å². The summed E-state index contributed by atoms with van der Waals surface area (Å²) in [5.41, 5.74) is 0. The van der Waals surface area contributed by atoms with E-state index < -0.39 is 14.9 Å². The van der Waals surface area contributed by atoms with E-state index in [4.69, 9.17) is 0 Å². The maximum Gasteiger partial charge on any atom is 0.272 e. The molecule has 122 valence electrons. The lowest BCUT2D eigenvalue weighted by molar-refractivity contribution is 0.362. The van der Waals surface area contributed by atoms with Crippen LogP contribution in [0, 0.1) is 0 Å². The van der Waals surface area contributed by atoms with Gasteiger partial charge in [-0.15, -0.1) is 0 Å². The zero-order valence-corrected chi connectivity index (χ0v) is 14.7. The number of unbranched alkanes of at least 4 members (excludes halogenated alkanes) is 9. The molecule has 0 heterocycles. The first kappa shape index (κ1) is 19.9. The van der Waals surface area contributed by atoms with Gasteiger partial charge in [0.05, 0.1) is 11.9 Å². The maximum atomic E-state index is 11.7. The van der Waals surface area contributed by atoms with Gasteiger partial charge in [0.2, 0.25) is 0 Å².